The molecule has 3 aromatic rings. The van der Waals surface area contributed by atoms with Gasteiger partial charge in [-0.1, -0.05) is 17.8 Å². The number of aromatic nitrogens is 1. The highest BCUT2D eigenvalue weighted by Crippen LogP contribution is 2.28. The number of nitrogens with one attached hydrogen (secondary N) is 1. The van der Waals surface area contributed by atoms with Crippen LogP contribution in [0.25, 0.3) is 10.9 Å². The maximum Gasteiger partial charge on any atom is 0.243 e. The Bertz CT molecular complexity index is 1260. The Balaban J connectivity index is 1.47. The van der Waals surface area contributed by atoms with Crippen molar-refractivity contribution in [2.45, 2.75) is 29.7 Å². The number of fused-ring (bicyclic) bond motifs is 1. The Morgan fingerprint density at radius 3 is 2.69 bits per heavy atom. The van der Waals surface area contributed by atoms with Gasteiger partial charge in [-0.05, 0) is 61.7 Å². The van der Waals surface area contributed by atoms with Crippen molar-refractivity contribution in [1.29, 1.82) is 0 Å². The number of hydrogen-bond donors (Lipinski definition) is 1. The Hall–Kier alpha value is -2.62. The molecule has 32 heavy (non-hydrogen) atoms. The van der Waals surface area contributed by atoms with Crippen molar-refractivity contribution in [2.24, 2.45) is 0 Å². The molecule has 0 bridgehead atoms. The van der Waals surface area contributed by atoms with Gasteiger partial charge in [-0.15, -0.1) is 0 Å². The molecule has 1 aliphatic rings. The largest absolute Gasteiger partial charge is 0.497 e. The summed E-state index contributed by atoms with van der Waals surface area (Å²) in [7, 11) is -1.90. The molecule has 1 saturated heterocycles. The van der Waals surface area contributed by atoms with Crippen molar-refractivity contribution in [3.8, 4) is 5.75 Å². The van der Waals surface area contributed by atoms with Crippen LogP contribution in [0.4, 0.5) is 5.69 Å². The number of ether oxygens (including phenoxy) is 1. The first-order valence-electron chi connectivity index (χ1n) is 10.3. The maximum atomic E-state index is 12.9. The molecular weight excluding hydrogens is 446 g/mol. The molecule has 2 aromatic carbocycles. The summed E-state index contributed by atoms with van der Waals surface area (Å²) >= 11 is 1.34. The van der Waals surface area contributed by atoms with Crippen molar-refractivity contribution < 1.29 is 17.9 Å². The number of aryl methyl sites for hydroxylation is 1. The summed E-state index contributed by atoms with van der Waals surface area (Å²) in [5.41, 5.74) is 2.30. The van der Waals surface area contributed by atoms with E-state index in [-0.39, 0.29) is 11.7 Å². The molecule has 4 rings (SSSR count). The molecule has 2 heterocycles. The summed E-state index contributed by atoms with van der Waals surface area (Å²) in [6, 6.07) is 14.1. The zero-order valence-corrected chi connectivity index (χ0v) is 19.6. The summed E-state index contributed by atoms with van der Waals surface area (Å²) in [6.07, 6.45) is 1.80. The first-order valence-corrected chi connectivity index (χ1v) is 12.8. The van der Waals surface area contributed by atoms with Gasteiger partial charge in [-0.25, -0.2) is 13.4 Å². The Kier molecular flexibility index (Phi) is 6.68. The van der Waals surface area contributed by atoms with E-state index < -0.39 is 10.0 Å². The number of carbonyl (C=O) groups is 1. The molecule has 0 aliphatic carbocycles. The van der Waals surface area contributed by atoms with Crippen LogP contribution in [-0.2, 0) is 14.8 Å². The summed E-state index contributed by atoms with van der Waals surface area (Å²) in [5, 5.41) is 4.37. The average molecular weight is 472 g/mol. The monoisotopic (exact) mass is 471 g/mol. The fourth-order valence-corrected chi connectivity index (χ4v) is 6.01. The van der Waals surface area contributed by atoms with Gasteiger partial charge in [0.05, 0.1) is 28.3 Å². The lowest BCUT2D eigenvalue weighted by Crippen LogP contribution is -2.27. The number of thioether (sulfide) groups is 1. The van der Waals surface area contributed by atoms with E-state index in [1.807, 2.05) is 25.1 Å². The van der Waals surface area contributed by atoms with Crippen LogP contribution in [-0.4, -0.2) is 49.6 Å². The summed E-state index contributed by atoms with van der Waals surface area (Å²) in [4.78, 5) is 17.3. The zero-order valence-electron chi connectivity index (χ0n) is 18.0. The van der Waals surface area contributed by atoms with Gasteiger partial charge in [0, 0.05) is 30.2 Å². The summed E-state index contributed by atoms with van der Waals surface area (Å²) < 4.78 is 32.5. The van der Waals surface area contributed by atoms with E-state index in [0.717, 1.165) is 23.8 Å². The van der Waals surface area contributed by atoms with E-state index in [1.54, 1.807) is 41.7 Å². The number of sulfonamides is 1. The Morgan fingerprint density at radius 2 is 1.94 bits per heavy atom. The Labute approximate surface area is 192 Å². The molecule has 0 radical (unpaired) electrons. The van der Waals surface area contributed by atoms with Gasteiger partial charge in [-0.2, -0.15) is 4.31 Å². The van der Waals surface area contributed by atoms with Crippen LogP contribution in [0.15, 0.2) is 58.5 Å². The van der Waals surface area contributed by atoms with Crippen LogP contribution in [0.5, 0.6) is 5.75 Å². The molecule has 1 N–H and O–H groups in total. The minimum Gasteiger partial charge on any atom is -0.497 e. The molecule has 1 amide bonds. The van der Waals surface area contributed by atoms with Gasteiger partial charge in [-0.3, -0.25) is 4.79 Å². The SMILES string of the molecule is COc1cccc(NC(=O)CSc2cc(C)c3cc(S(=O)(=O)N4CCCC4)ccc3n2)c1. The quantitative estimate of drug-likeness (QED) is 0.523. The van der Waals surface area contributed by atoms with Crippen LogP contribution in [0.1, 0.15) is 18.4 Å². The van der Waals surface area contributed by atoms with Crippen molar-refractivity contribution in [1.82, 2.24) is 9.29 Å². The third-order valence-corrected chi connectivity index (χ3v) is 8.18. The lowest BCUT2D eigenvalue weighted by Gasteiger charge is -2.16. The number of pyridine rings is 1. The fraction of sp³-hybridized carbons (Fsp3) is 0.304. The summed E-state index contributed by atoms with van der Waals surface area (Å²) in [6.45, 7) is 3.08. The van der Waals surface area contributed by atoms with Crippen molar-refractivity contribution >= 4 is 44.3 Å². The lowest BCUT2D eigenvalue weighted by molar-refractivity contribution is -0.113. The molecule has 1 aromatic heterocycles. The number of amides is 1. The van der Waals surface area contributed by atoms with E-state index in [2.05, 4.69) is 10.3 Å². The minimum absolute atomic E-state index is 0.144. The molecule has 7 nitrogen and oxygen atoms in total. The molecule has 1 aliphatic heterocycles. The van der Waals surface area contributed by atoms with Crippen molar-refractivity contribution in [3.63, 3.8) is 0 Å². The van der Waals surface area contributed by atoms with Gasteiger partial charge < -0.3 is 10.1 Å². The second-order valence-corrected chi connectivity index (χ2v) is 10.6. The van der Waals surface area contributed by atoms with E-state index in [1.165, 1.54) is 11.8 Å². The van der Waals surface area contributed by atoms with E-state index in [0.29, 0.717) is 40.0 Å². The Morgan fingerprint density at radius 1 is 1.16 bits per heavy atom. The van der Waals surface area contributed by atoms with Gasteiger partial charge >= 0.3 is 0 Å². The molecular formula is C23H25N3O4S2. The number of methoxy groups -OCH3 is 1. The molecule has 0 saturated carbocycles. The number of anilines is 1. The first-order chi connectivity index (χ1) is 15.4. The molecule has 168 valence electrons. The minimum atomic E-state index is -3.47. The predicted molar refractivity (Wildman–Crippen MR) is 127 cm³/mol. The third-order valence-electron chi connectivity index (χ3n) is 5.37. The van der Waals surface area contributed by atoms with E-state index >= 15 is 0 Å². The topological polar surface area (TPSA) is 88.6 Å². The number of hydrogen-bond acceptors (Lipinski definition) is 6. The van der Waals surface area contributed by atoms with Gasteiger partial charge in [0.1, 0.15) is 5.75 Å². The zero-order chi connectivity index (χ0) is 22.7. The van der Waals surface area contributed by atoms with Crippen LogP contribution in [0, 0.1) is 6.92 Å². The number of carbonyl (C=O) groups excluding carboxylic acids is 1. The van der Waals surface area contributed by atoms with E-state index in [9.17, 15) is 13.2 Å². The normalized spacial score (nSPS) is 14.6. The maximum absolute atomic E-state index is 12.9. The van der Waals surface area contributed by atoms with Gasteiger partial charge in [0.15, 0.2) is 0 Å². The highest BCUT2D eigenvalue weighted by Gasteiger charge is 2.27. The molecule has 1 fully saturated rings. The second kappa shape index (κ2) is 9.48. The van der Waals surface area contributed by atoms with E-state index in [4.69, 9.17) is 4.74 Å². The van der Waals surface area contributed by atoms with Gasteiger partial charge in [0.2, 0.25) is 15.9 Å². The fourth-order valence-electron chi connectivity index (χ4n) is 3.69. The smallest absolute Gasteiger partial charge is 0.243 e. The number of rotatable bonds is 7. The van der Waals surface area contributed by atoms with Crippen LogP contribution in [0.3, 0.4) is 0 Å². The second-order valence-electron chi connectivity index (χ2n) is 7.64. The molecule has 0 unspecified atom stereocenters. The highest BCUT2D eigenvalue weighted by atomic mass is 32.2. The first kappa shape index (κ1) is 22.6. The van der Waals surface area contributed by atoms with Gasteiger partial charge in [0.25, 0.3) is 0 Å². The molecule has 0 atom stereocenters. The highest BCUT2D eigenvalue weighted by molar-refractivity contribution is 7.99. The number of nitrogens with zero attached hydrogens (tertiary/aromatic N) is 2. The molecule has 0 spiro atoms. The number of benzene rings is 2. The molecule has 9 heteroatoms. The predicted octanol–water partition coefficient (Wildman–Crippen LogP) is 4.07. The lowest BCUT2D eigenvalue weighted by atomic mass is 10.1. The van der Waals surface area contributed by atoms with Crippen molar-refractivity contribution in [3.05, 3.63) is 54.1 Å². The van der Waals surface area contributed by atoms with Crippen LogP contribution < -0.4 is 10.1 Å². The third kappa shape index (κ3) is 4.90. The summed E-state index contributed by atoms with van der Waals surface area (Å²) in [5.74, 6) is 0.736. The average Bonchev–Trinajstić information content (AvgIpc) is 3.33. The van der Waals surface area contributed by atoms with Crippen LogP contribution in [0.2, 0.25) is 0 Å². The standard InChI is InChI=1S/C23H25N3O4S2/c1-16-12-23(31-15-22(27)24-17-6-5-7-18(13-17)30-2)25-21-9-8-19(14-20(16)21)32(28,29)26-10-3-4-11-26/h5-9,12-14H,3-4,10-11,15H2,1-2H3,(H,24,27). The van der Waals surface area contributed by atoms with Crippen LogP contribution >= 0.6 is 11.8 Å². The van der Waals surface area contributed by atoms with Crippen molar-refractivity contribution in [2.75, 3.05) is 31.3 Å².